The van der Waals surface area contributed by atoms with Crippen molar-refractivity contribution in [3.63, 3.8) is 0 Å². The van der Waals surface area contributed by atoms with E-state index in [4.69, 9.17) is 5.73 Å². The first-order valence-electron chi connectivity index (χ1n) is 4.33. The Morgan fingerprint density at radius 3 is 2.86 bits per heavy atom. The predicted octanol–water partition coefficient (Wildman–Crippen LogP) is 3.79. The van der Waals surface area contributed by atoms with Crippen molar-refractivity contribution in [2.75, 3.05) is 5.73 Å². The molecule has 0 radical (unpaired) electrons. The first-order chi connectivity index (χ1) is 6.75. The van der Waals surface area contributed by atoms with Gasteiger partial charge in [0, 0.05) is 10.6 Å². The number of anilines is 1. The molecule has 0 aliphatic heterocycles. The van der Waals surface area contributed by atoms with E-state index >= 15 is 0 Å². The van der Waals surface area contributed by atoms with Crippen molar-refractivity contribution in [2.24, 2.45) is 0 Å². The average Bonchev–Trinajstić information content (AvgIpc) is 2.64. The van der Waals surface area contributed by atoms with Gasteiger partial charge in [-0.2, -0.15) is 0 Å². The number of hydrogen-bond donors (Lipinski definition) is 1. The van der Waals surface area contributed by atoms with E-state index in [9.17, 15) is 0 Å². The number of aryl methyl sites for hydroxylation is 1. The minimum Gasteiger partial charge on any atom is -0.399 e. The van der Waals surface area contributed by atoms with Crippen LogP contribution in [0.5, 0.6) is 0 Å². The Balaban J connectivity index is 2.28. The molecule has 0 saturated carbocycles. The molecule has 2 N–H and O–H groups in total. The highest BCUT2D eigenvalue weighted by atomic mass is 32.2. The molecule has 0 saturated heterocycles. The van der Waals surface area contributed by atoms with E-state index in [-0.39, 0.29) is 0 Å². The van der Waals surface area contributed by atoms with Crippen LogP contribution in [0, 0.1) is 6.92 Å². The maximum Gasteiger partial charge on any atom is 0.0646 e. The van der Waals surface area contributed by atoms with Crippen LogP contribution in [0.1, 0.15) is 5.56 Å². The topological polar surface area (TPSA) is 26.0 Å². The number of rotatable bonds is 2. The Kier molecular flexibility index (Phi) is 2.79. The highest BCUT2D eigenvalue weighted by Crippen LogP contribution is 2.34. The van der Waals surface area contributed by atoms with E-state index in [0.717, 1.165) is 5.69 Å². The minimum atomic E-state index is 0.828. The average molecular weight is 221 g/mol. The molecule has 2 aromatic rings. The van der Waals surface area contributed by atoms with Gasteiger partial charge in [-0.3, -0.25) is 0 Å². The number of benzene rings is 1. The van der Waals surface area contributed by atoms with Gasteiger partial charge in [-0.1, -0.05) is 23.9 Å². The Labute approximate surface area is 92.0 Å². The molecule has 0 aliphatic rings. The normalized spacial score (nSPS) is 10.4. The van der Waals surface area contributed by atoms with Crippen LogP contribution in [-0.4, -0.2) is 0 Å². The van der Waals surface area contributed by atoms with Crippen LogP contribution in [0.4, 0.5) is 5.69 Å². The zero-order valence-electron chi connectivity index (χ0n) is 7.86. The third-order valence-corrected chi connectivity index (χ3v) is 4.12. The van der Waals surface area contributed by atoms with Crippen LogP contribution >= 0.6 is 23.1 Å². The Morgan fingerprint density at radius 1 is 1.29 bits per heavy atom. The summed E-state index contributed by atoms with van der Waals surface area (Å²) in [4.78, 5) is 1.24. The highest BCUT2D eigenvalue weighted by molar-refractivity contribution is 8.01. The van der Waals surface area contributed by atoms with E-state index < -0.39 is 0 Å². The summed E-state index contributed by atoms with van der Waals surface area (Å²) in [6.45, 7) is 2.11. The van der Waals surface area contributed by atoms with Crippen LogP contribution in [-0.2, 0) is 0 Å². The molecule has 1 aromatic carbocycles. The lowest BCUT2D eigenvalue weighted by Crippen LogP contribution is -1.86. The molecule has 0 unspecified atom stereocenters. The van der Waals surface area contributed by atoms with Crippen LogP contribution in [0.15, 0.2) is 44.8 Å². The van der Waals surface area contributed by atoms with Gasteiger partial charge in [0.15, 0.2) is 0 Å². The monoisotopic (exact) mass is 221 g/mol. The summed E-state index contributed by atoms with van der Waals surface area (Å²) in [6.07, 6.45) is 0. The van der Waals surface area contributed by atoms with Crippen molar-refractivity contribution in [3.8, 4) is 0 Å². The Morgan fingerprint density at radius 2 is 2.14 bits per heavy atom. The third-order valence-electron chi connectivity index (χ3n) is 1.92. The number of nitrogens with two attached hydrogens (primary N) is 1. The fraction of sp³-hybridized carbons (Fsp3) is 0.0909. The standard InChI is InChI=1S/C11H11NS2/c1-8-4-5-9(12)7-10(8)14-11-3-2-6-13-11/h2-7H,12H2,1H3. The summed E-state index contributed by atoms with van der Waals surface area (Å²) in [5.74, 6) is 0. The molecule has 2 rings (SSSR count). The third kappa shape index (κ3) is 2.11. The second-order valence-electron chi connectivity index (χ2n) is 3.06. The lowest BCUT2D eigenvalue weighted by Gasteiger charge is -2.04. The summed E-state index contributed by atoms with van der Waals surface area (Å²) in [6, 6.07) is 10.2. The number of hydrogen-bond acceptors (Lipinski definition) is 3. The van der Waals surface area contributed by atoms with E-state index in [2.05, 4.69) is 30.5 Å². The summed E-state index contributed by atoms with van der Waals surface area (Å²) < 4.78 is 1.30. The van der Waals surface area contributed by atoms with Crippen molar-refractivity contribution >= 4 is 28.8 Å². The molecule has 0 bridgehead atoms. The SMILES string of the molecule is Cc1ccc(N)cc1Sc1cccs1. The van der Waals surface area contributed by atoms with Crippen molar-refractivity contribution < 1.29 is 0 Å². The van der Waals surface area contributed by atoms with Crippen molar-refractivity contribution in [2.45, 2.75) is 16.0 Å². The smallest absolute Gasteiger partial charge is 0.0646 e. The molecule has 1 heterocycles. The Hall–Kier alpha value is -0.930. The molecular formula is C11H11NS2. The van der Waals surface area contributed by atoms with E-state index in [1.807, 2.05) is 12.1 Å². The van der Waals surface area contributed by atoms with Gasteiger partial charge in [-0.25, -0.2) is 0 Å². The van der Waals surface area contributed by atoms with Crippen LogP contribution in [0.25, 0.3) is 0 Å². The number of nitrogen functional groups attached to an aromatic ring is 1. The fourth-order valence-electron chi connectivity index (χ4n) is 1.16. The van der Waals surface area contributed by atoms with Gasteiger partial charge in [0.25, 0.3) is 0 Å². The van der Waals surface area contributed by atoms with Gasteiger partial charge in [0.1, 0.15) is 0 Å². The lowest BCUT2D eigenvalue weighted by atomic mass is 10.2. The molecule has 0 fully saturated rings. The summed E-state index contributed by atoms with van der Waals surface area (Å²) in [5, 5.41) is 2.09. The summed E-state index contributed by atoms with van der Waals surface area (Å²) >= 11 is 3.53. The highest BCUT2D eigenvalue weighted by Gasteiger charge is 2.02. The lowest BCUT2D eigenvalue weighted by molar-refractivity contribution is 1.30. The minimum absolute atomic E-state index is 0.828. The van der Waals surface area contributed by atoms with Crippen LogP contribution in [0.3, 0.4) is 0 Å². The second kappa shape index (κ2) is 4.07. The Bertz CT molecular complexity index is 421. The van der Waals surface area contributed by atoms with E-state index in [0.29, 0.717) is 0 Å². The molecule has 0 amide bonds. The molecular weight excluding hydrogens is 210 g/mol. The summed E-state index contributed by atoms with van der Waals surface area (Å²) in [5.41, 5.74) is 7.85. The van der Waals surface area contributed by atoms with Crippen molar-refractivity contribution in [3.05, 3.63) is 41.3 Å². The van der Waals surface area contributed by atoms with E-state index in [1.54, 1.807) is 23.1 Å². The molecule has 1 nitrogen and oxygen atoms in total. The van der Waals surface area contributed by atoms with Gasteiger partial charge >= 0.3 is 0 Å². The maximum absolute atomic E-state index is 5.75. The molecule has 0 atom stereocenters. The maximum atomic E-state index is 5.75. The van der Waals surface area contributed by atoms with E-state index in [1.165, 1.54) is 14.7 Å². The van der Waals surface area contributed by atoms with Gasteiger partial charge in [0.05, 0.1) is 4.21 Å². The van der Waals surface area contributed by atoms with Crippen molar-refractivity contribution in [1.29, 1.82) is 0 Å². The largest absolute Gasteiger partial charge is 0.399 e. The summed E-state index contributed by atoms with van der Waals surface area (Å²) in [7, 11) is 0. The van der Waals surface area contributed by atoms with Gasteiger partial charge in [0.2, 0.25) is 0 Å². The zero-order chi connectivity index (χ0) is 9.97. The molecule has 1 aromatic heterocycles. The number of thiophene rings is 1. The molecule has 14 heavy (non-hydrogen) atoms. The second-order valence-corrected chi connectivity index (χ2v) is 5.35. The molecule has 0 aliphatic carbocycles. The first-order valence-corrected chi connectivity index (χ1v) is 6.03. The van der Waals surface area contributed by atoms with Crippen LogP contribution < -0.4 is 5.73 Å². The fourth-order valence-corrected chi connectivity index (χ4v) is 3.02. The zero-order valence-corrected chi connectivity index (χ0v) is 9.49. The first kappa shape index (κ1) is 9.62. The van der Waals surface area contributed by atoms with Gasteiger partial charge in [-0.05, 0) is 36.1 Å². The quantitative estimate of drug-likeness (QED) is 0.781. The van der Waals surface area contributed by atoms with Gasteiger partial charge < -0.3 is 5.73 Å². The molecule has 0 spiro atoms. The van der Waals surface area contributed by atoms with Crippen LogP contribution in [0.2, 0.25) is 0 Å². The predicted molar refractivity (Wildman–Crippen MR) is 64.0 cm³/mol. The molecule has 3 heteroatoms. The van der Waals surface area contributed by atoms with Gasteiger partial charge in [-0.15, -0.1) is 11.3 Å². The molecule has 72 valence electrons. The van der Waals surface area contributed by atoms with Crippen molar-refractivity contribution in [1.82, 2.24) is 0 Å².